The highest BCUT2D eigenvalue weighted by atomic mass is 15.2. The molecule has 2 nitrogen and oxygen atoms in total. The lowest BCUT2D eigenvalue weighted by Crippen LogP contribution is -2.42. The molecule has 0 fully saturated rings. The van der Waals surface area contributed by atoms with Gasteiger partial charge in [-0.1, -0.05) is 31.2 Å². The summed E-state index contributed by atoms with van der Waals surface area (Å²) in [7, 11) is 0. The van der Waals surface area contributed by atoms with Crippen molar-refractivity contribution < 1.29 is 0 Å². The van der Waals surface area contributed by atoms with Crippen molar-refractivity contribution >= 4 is 0 Å². The lowest BCUT2D eigenvalue weighted by Gasteiger charge is -2.36. The molecule has 0 bridgehead atoms. The average Bonchev–Trinajstić information content (AvgIpc) is 2.36. The van der Waals surface area contributed by atoms with Crippen LogP contribution in [0.1, 0.15) is 25.0 Å². The van der Waals surface area contributed by atoms with Crippen LogP contribution < -0.4 is 5.73 Å². The van der Waals surface area contributed by atoms with Gasteiger partial charge in [0.05, 0.1) is 0 Å². The summed E-state index contributed by atoms with van der Waals surface area (Å²) in [5, 5.41) is 0. The molecule has 1 heterocycles. The van der Waals surface area contributed by atoms with Crippen LogP contribution >= 0.6 is 0 Å². The molecule has 1 aliphatic heterocycles. The summed E-state index contributed by atoms with van der Waals surface area (Å²) in [4.78, 5) is 2.56. The Kier molecular flexibility index (Phi) is 3.62. The molecule has 2 heteroatoms. The Morgan fingerprint density at radius 2 is 1.94 bits per heavy atom. The maximum Gasteiger partial charge on any atom is 0.0239 e. The molecule has 0 radical (unpaired) electrons. The number of hydrogen-bond donors (Lipinski definition) is 1. The van der Waals surface area contributed by atoms with E-state index in [1.807, 2.05) is 0 Å². The van der Waals surface area contributed by atoms with Gasteiger partial charge in [0.25, 0.3) is 0 Å². The maximum absolute atomic E-state index is 5.75. The molecule has 1 aromatic carbocycles. The number of benzene rings is 1. The molecule has 2 rings (SSSR count). The van der Waals surface area contributed by atoms with E-state index in [1.54, 1.807) is 0 Å². The van der Waals surface area contributed by atoms with Gasteiger partial charge in [0.2, 0.25) is 0 Å². The zero-order valence-corrected chi connectivity index (χ0v) is 10.3. The monoisotopic (exact) mass is 218 g/mol. The Bertz CT molecular complexity index is 348. The van der Waals surface area contributed by atoms with Crippen LogP contribution in [0.15, 0.2) is 24.3 Å². The summed E-state index contributed by atoms with van der Waals surface area (Å²) in [6.07, 6.45) is 1.18. The Morgan fingerprint density at radius 1 is 1.25 bits per heavy atom. The van der Waals surface area contributed by atoms with Crippen LogP contribution in [0.4, 0.5) is 0 Å². The predicted octanol–water partition coefficient (Wildman–Crippen LogP) is 2.03. The van der Waals surface area contributed by atoms with Gasteiger partial charge in [-0.15, -0.1) is 0 Å². The van der Waals surface area contributed by atoms with Crippen molar-refractivity contribution in [3.63, 3.8) is 0 Å². The van der Waals surface area contributed by atoms with E-state index in [4.69, 9.17) is 5.73 Å². The van der Waals surface area contributed by atoms with Gasteiger partial charge in [0, 0.05) is 19.1 Å². The van der Waals surface area contributed by atoms with Crippen molar-refractivity contribution in [3.05, 3.63) is 35.4 Å². The number of nitrogens with two attached hydrogens (primary N) is 1. The van der Waals surface area contributed by atoms with Crippen LogP contribution in [0.3, 0.4) is 0 Å². The first-order valence-corrected chi connectivity index (χ1v) is 6.23. The predicted molar refractivity (Wildman–Crippen MR) is 68.2 cm³/mol. The Morgan fingerprint density at radius 3 is 2.62 bits per heavy atom. The fraction of sp³-hybridized carbons (Fsp3) is 0.571. The van der Waals surface area contributed by atoms with Crippen molar-refractivity contribution in [1.82, 2.24) is 4.90 Å². The second-order valence-corrected chi connectivity index (χ2v) is 4.94. The highest BCUT2D eigenvalue weighted by Crippen LogP contribution is 2.22. The van der Waals surface area contributed by atoms with E-state index < -0.39 is 0 Å². The van der Waals surface area contributed by atoms with E-state index in [0.29, 0.717) is 12.0 Å². The van der Waals surface area contributed by atoms with Gasteiger partial charge in [-0.2, -0.15) is 0 Å². The maximum atomic E-state index is 5.75. The third-order valence-electron chi connectivity index (χ3n) is 3.93. The zero-order valence-electron chi connectivity index (χ0n) is 10.3. The molecule has 0 saturated carbocycles. The van der Waals surface area contributed by atoms with Crippen LogP contribution in [-0.4, -0.2) is 24.0 Å². The fourth-order valence-corrected chi connectivity index (χ4v) is 2.42. The number of rotatable bonds is 3. The molecular formula is C14H22N2. The molecule has 0 aliphatic carbocycles. The molecule has 2 unspecified atom stereocenters. The second kappa shape index (κ2) is 4.98. The normalized spacial score (nSPS) is 20.2. The van der Waals surface area contributed by atoms with Gasteiger partial charge in [-0.05, 0) is 36.9 Å². The van der Waals surface area contributed by atoms with Gasteiger partial charge in [-0.25, -0.2) is 0 Å². The molecule has 1 aliphatic rings. The Hall–Kier alpha value is -0.860. The smallest absolute Gasteiger partial charge is 0.0239 e. The van der Waals surface area contributed by atoms with E-state index in [-0.39, 0.29) is 0 Å². The first-order chi connectivity index (χ1) is 7.72. The van der Waals surface area contributed by atoms with Gasteiger partial charge >= 0.3 is 0 Å². The minimum atomic E-state index is 0.574. The lowest BCUT2D eigenvalue weighted by molar-refractivity contribution is 0.148. The summed E-state index contributed by atoms with van der Waals surface area (Å²) >= 11 is 0. The molecule has 2 atom stereocenters. The molecule has 16 heavy (non-hydrogen) atoms. The topological polar surface area (TPSA) is 29.3 Å². The highest BCUT2D eigenvalue weighted by Gasteiger charge is 2.23. The minimum absolute atomic E-state index is 0.574. The zero-order chi connectivity index (χ0) is 11.5. The summed E-state index contributed by atoms with van der Waals surface area (Å²) < 4.78 is 0. The molecule has 2 N–H and O–H groups in total. The fourth-order valence-electron chi connectivity index (χ4n) is 2.42. The summed E-state index contributed by atoms with van der Waals surface area (Å²) in [6, 6.07) is 9.36. The Balaban J connectivity index is 2.08. The van der Waals surface area contributed by atoms with Crippen molar-refractivity contribution in [2.45, 2.75) is 32.9 Å². The molecule has 88 valence electrons. The molecule has 1 aromatic rings. The van der Waals surface area contributed by atoms with Crippen molar-refractivity contribution in [2.75, 3.05) is 13.1 Å². The first-order valence-electron chi connectivity index (χ1n) is 6.23. The van der Waals surface area contributed by atoms with E-state index in [1.165, 1.54) is 24.1 Å². The average molecular weight is 218 g/mol. The van der Waals surface area contributed by atoms with Crippen LogP contribution in [-0.2, 0) is 13.0 Å². The molecule has 0 saturated heterocycles. The molecule has 0 amide bonds. The quantitative estimate of drug-likeness (QED) is 0.841. The summed E-state index contributed by atoms with van der Waals surface area (Å²) in [6.45, 7) is 7.57. The largest absolute Gasteiger partial charge is 0.330 e. The summed E-state index contributed by atoms with van der Waals surface area (Å²) in [5.74, 6) is 0.574. The van der Waals surface area contributed by atoms with Gasteiger partial charge < -0.3 is 5.73 Å². The Labute approximate surface area is 98.4 Å². The highest BCUT2D eigenvalue weighted by molar-refractivity contribution is 5.29. The third kappa shape index (κ3) is 2.28. The first kappa shape index (κ1) is 11.6. The number of fused-ring (bicyclic) bond motifs is 1. The summed E-state index contributed by atoms with van der Waals surface area (Å²) in [5.41, 5.74) is 8.76. The lowest BCUT2D eigenvalue weighted by atomic mass is 9.95. The number of hydrogen-bond acceptors (Lipinski definition) is 2. The van der Waals surface area contributed by atoms with E-state index in [9.17, 15) is 0 Å². The van der Waals surface area contributed by atoms with E-state index in [2.05, 4.69) is 43.0 Å². The van der Waals surface area contributed by atoms with Crippen LogP contribution in [0, 0.1) is 5.92 Å². The van der Waals surface area contributed by atoms with E-state index in [0.717, 1.165) is 13.1 Å². The van der Waals surface area contributed by atoms with E-state index >= 15 is 0 Å². The standard InChI is InChI=1S/C14H22N2/c1-11(9-15)12(2)16-8-7-13-5-3-4-6-14(13)10-16/h3-6,11-12H,7-10,15H2,1-2H3. The van der Waals surface area contributed by atoms with Gasteiger partial charge in [-0.3, -0.25) is 4.90 Å². The van der Waals surface area contributed by atoms with Crippen LogP contribution in [0.25, 0.3) is 0 Å². The second-order valence-electron chi connectivity index (χ2n) is 4.94. The third-order valence-corrected chi connectivity index (χ3v) is 3.93. The van der Waals surface area contributed by atoms with Crippen molar-refractivity contribution in [2.24, 2.45) is 11.7 Å². The SMILES string of the molecule is CC(CN)C(C)N1CCc2ccccc2C1. The molecule has 0 aromatic heterocycles. The number of nitrogens with zero attached hydrogens (tertiary/aromatic N) is 1. The minimum Gasteiger partial charge on any atom is -0.330 e. The molecule has 0 spiro atoms. The van der Waals surface area contributed by atoms with Crippen molar-refractivity contribution in [1.29, 1.82) is 0 Å². The van der Waals surface area contributed by atoms with Crippen molar-refractivity contribution in [3.8, 4) is 0 Å². The van der Waals surface area contributed by atoms with Crippen LogP contribution in [0.2, 0.25) is 0 Å². The van der Waals surface area contributed by atoms with Gasteiger partial charge in [0.1, 0.15) is 0 Å². The van der Waals surface area contributed by atoms with Gasteiger partial charge in [0.15, 0.2) is 0 Å². The molecular weight excluding hydrogens is 196 g/mol. The van der Waals surface area contributed by atoms with Crippen LogP contribution in [0.5, 0.6) is 0 Å².